The highest BCUT2D eigenvalue weighted by molar-refractivity contribution is 5.53. The molecule has 1 atom stereocenters. The van der Waals surface area contributed by atoms with Crippen molar-refractivity contribution < 1.29 is 14.2 Å². The van der Waals surface area contributed by atoms with Crippen LogP contribution in [0.1, 0.15) is 0 Å². The highest BCUT2D eigenvalue weighted by Gasteiger charge is 2.23. The average molecular weight is 181 g/mol. The average Bonchev–Trinajstić information content (AvgIpc) is 2.46. The quantitative estimate of drug-likeness (QED) is 0.692. The molecule has 4 heteroatoms. The van der Waals surface area contributed by atoms with E-state index in [0.717, 1.165) is 5.75 Å². The first kappa shape index (κ1) is 8.19. The van der Waals surface area contributed by atoms with E-state index in [1.165, 1.54) is 0 Å². The van der Waals surface area contributed by atoms with Gasteiger partial charge in [-0.05, 0) is 12.1 Å². The number of nitrogen functional groups attached to an aromatic ring is 1. The summed E-state index contributed by atoms with van der Waals surface area (Å²) in [5, 5.41) is 0. The Morgan fingerprint density at radius 1 is 1.38 bits per heavy atom. The summed E-state index contributed by atoms with van der Waals surface area (Å²) in [7, 11) is 1.60. The van der Waals surface area contributed by atoms with Crippen LogP contribution in [-0.2, 0) is 4.74 Å². The predicted octanol–water partition coefficient (Wildman–Crippen LogP) is 1.01. The number of benzene rings is 1. The number of rotatable bonds is 2. The van der Waals surface area contributed by atoms with Gasteiger partial charge in [0.05, 0.1) is 0 Å². The van der Waals surface area contributed by atoms with Gasteiger partial charge in [0.15, 0.2) is 11.5 Å². The lowest BCUT2D eigenvalue weighted by Crippen LogP contribution is -2.23. The third-order valence-corrected chi connectivity index (χ3v) is 1.79. The second kappa shape index (κ2) is 3.14. The number of methoxy groups -OCH3 is 1. The van der Waals surface area contributed by atoms with Crippen LogP contribution in [0.15, 0.2) is 18.2 Å². The molecular weight excluding hydrogens is 170 g/mol. The second-order valence-electron chi connectivity index (χ2n) is 2.83. The Kier molecular flexibility index (Phi) is 1.98. The Labute approximate surface area is 76.2 Å². The fourth-order valence-corrected chi connectivity index (χ4v) is 1.23. The molecule has 1 aromatic rings. The van der Waals surface area contributed by atoms with Gasteiger partial charge in [0.1, 0.15) is 6.61 Å². The number of hydrogen-bond donors (Lipinski definition) is 1. The lowest BCUT2D eigenvalue weighted by Gasteiger charge is -2.07. The number of fused-ring (bicyclic) bond motifs is 1. The van der Waals surface area contributed by atoms with Crippen LogP contribution in [0.3, 0.4) is 0 Å². The molecule has 1 unspecified atom stereocenters. The highest BCUT2D eigenvalue weighted by Crippen LogP contribution is 2.35. The van der Waals surface area contributed by atoms with Crippen molar-refractivity contribution in [3.05, 3.63) is 18.2 Å². The van der Waals surface area contributed by atoms with E-state index in [9.17, 15) is 0 Å². The molecule has 0 aliphatic carbocycles. The molecule has 1 aliphatic rings. The normalized spacial score (nSPS) is 19.0. The van der Waals surface area contributed by atoms with Crippen molar-refractivity contribution in [2.24, 2.45) is 0 Å². The molecule has 1 aromatic carbocycles. The number of hydrogen-bond acceptors (Lipinski definition) is 4. The Morgan fingerprint density at radius 2 is 2.15 bits per heavy atom. The highest BCUT2D eigenvalue weighted by atomic mass is 16.7. The lowest BCUT2D eigenvalue weighted by molar-refractivity contribution is -0.0173. The summed E-state index contributed by atoms with van der Waals surface area (Å²) < 4.78 is 15.7. The molecule has 0 spiro atoms. The van der Waals surface area contributed by atoms with Crippen LogP contribution < -0.4 is 15.2 Å². The predicted molar refractivity (Wildman–Crippen MR) is 47.8 cm³/mol. The first-order valence-corrected chi connectivity index (χ1v) is 4.01. The lowest BCUT2D eigenvalue weighted by atomic mass is 10.3. The molecule has 1 heterocycles. The molecule has 4 nitrogen and oxygen atoms in total. The van der Waals surface area contributed by atoms with E-state index >= 15 is 0 Å². The van der Waals surface area contributed by atoms with E-state index in [2.05, 4.69) is 0 Å². The fourth-order valence-electron chi connectivity index (χ4n) is 1.23. The van der Waals surface area contributed by atoms with Crippen LogP contribution in [0.4, 0.5) is 5.69 Å². The van der Waals surface area contributed by atoms with Crippen molar-refractivity contribution in [3.63, 3.8) is 0 Å². The van der Waals surface area contributed by atoms with Crippen LogP contribution in [-0.4, -0.2) is 20.0 Å². The van der Waals surface area contributed by atoms with Crippen LogP contribution in [0.2, 0.25) is 0 Å². The fraction of sp³-hybridized carbons (Fsp3) is 0.333. The molecular formula is C9H11NO3. The minimum Gasteiger partial charge on any atom is -0.448 e. The summed E-state index contributed by atoms with van der Waals surface area (Å²) in [6.45, 7) is 0.411. The molecule has 0 saturated carbocycles. The smallest absolute Gasteiger partial charge is 0.264 e. The van der Waals surface area contributed by atoms with E-state index in [-0.39, 0.29) is 6.29 Å². The Bertz CT molecular complexity index is 314. The number of nitrogens with two attached hydrogens (primary N) is 1. The third kappa shape index (κ3) is 1.53. The molecule has 2 rings (SSSR count). The molecule has 2 N–H and O–H groups in total. The number of ether oxygens (including phenoxy) is 3. The van der Waals surface area contributed by atoms with Gasteiger partial charge in [-0.2, -0.15) is 0 Å². The largest absolute Gasteiger partial charge is 0.448 e. The molecule has 70 valence electrons. The van der Waals surface area contributed by atoms with Crippen molar-refractivity contribution in [1.29, 1.82) is 0 Å². The van der Waals surface area contributed by atoms with Gasteiger partial charge in [0.2, 0.25) is 0 Å². The van der Waals surface area contributed by atoms with Crippen molar-refractivity contribution in [2.75, 3.05) is 19.5 Å². The molecule has 0 bridgehead atoms. The summed E-state index contributed by atoms with van der Waals surface area (Å²) in [5.41, 5.74) is 6.25. The van der Waals surface area contributed by atoms with E-state index in [0.29, 0.717) is 18.0 Å². The first-order valence-electron chi connectivity index (χ1n) is 4.01. The first-order chi connectivity index (χ1) is 6.29. The molecule has 1 aliphatic heterocycles. The summed E-state index contributed by atoms with van der Waals surface area (Å²) in [6, 6.07) is 5.31. The Morgan fingerprint density at radius 3 is 2.92 bits per heavy atom. The van der Waals surface area contributed by atoms with Gasteiger partial charge in [-0.25, -0.2) is 0 Å². The second-order valence-corrected chi connectivity index (χ2v) is 2.83. The standard InChI is InChI=1S/C9H11NO3/c1-11-5-9-12-7-3-2-6(10)4-8(7)13-9/h2-4,9H,5,10H2,1H3. The van der Waals surface area contributed by atoms with E-state index < -0.39 is 0 Å². The SMILES string of the molecule is COCC1Oc2ccc(N)cc2O1. The summed E-state index contributed by atoms with van der Waals surface area (Å²) in [6.07, 6.45) is -0.346. The molecule has 0 amide bonds. The molecule has 0 saturated heterocycles. The van der Waals surface area contributed by atoms with Gasteiger partial charge in [-0.3, -0.25) is 0 Å². The van der Waals surface area contributed by atoms with Gasteiger partial charge in [0.25, 0.3) is 6.29 Å². The topological polar surface area (TPSA) is 53.7 Å². The molecule has 13 heavy (non-hydrogen) atoms. The van der Waals surface area contributed by atoms with E-state index in [1.807, 2.05) is 0 Å². The Hall–Kier alpha value is -1.42. The maximum Gasteiger partial charge on any atom is 0.264 e. The van der Waals surface area contributed by atoms with Gasteiger partial charge in [0, 0.05) is 18.9 Å². The maximum atomic E-state index is 5.58. The summed E-state index contributed by atoms with van der Waals surface area (Å²) in [4.78, 5) is 0. The van der Waals surface area contributed by atoms with Crippen molar-refractivity contribution >= 4 is 5.69 Å². The third-order valence-electron chi connectivity index (χ3n) is 1.79. The summed E-state index contributed by atoms with van der Waals surface area (Å²) in [5.74, 6) is 1.40. The van der Waals surface area contributed by atoms with Crippen molar-refractivity contribution in [3.8, 4) is 11.5 Å². The van der Waals surface area contributed by atoms with Gasteiger partial charge in [-0.15, -0.1) is 0 Å². The van der Waals surface area contributed by atoms with Crippen molar-refractivity contribution in [1.82, 2.24) is 0 Å². The monoisotopic (exact) mass is 181 g/mol. The maximum absolute atomic E-state index is 5.58. The van der Waals surface area contributed by atoms with Crippen LogP contribution in [0.25, 0.3) is 0 Å². The van der Waals surface area contributed by atoms with Crippen LogP contribution >= 0.6 is 0 Å². The molecule has 0 radical (unpaired) electrons. The van der Waals surface area contributed by atoms with Gasteiger partial charge >= 0.3 is 0 Å². The minimum absolute atomic E-state index is 0.346. The zero-order valence-corrected chi connectivity index (χ0v) is 7.32. The zero-order valence-electron chi connectivity index (χ0n) is 7.32. The number of anilines is 1. The van der Waals surface area contributed by atoms with Crippen LogP contribution in [0.5, 0.6) is 11.5 Å². The molecule has 0 aromatic heterocycles. The van der Waals surface area contributed by atoms with Gasteiger partial charge < -0.3 is 19.9 Å². The minimum atomic E-state index is -0.346. The van der Waals surface area contributed by atoms with E-state index in [4.69, 9.17) is 19.9 Å². The molecule has 0 fully saturated rings. The van der Waals surface area contributed by atoms with E-state index in [1.54, 1.807) is 25.3 Å². The van der Waals surface area contributed by atoms with Gasteiger partial charge in [-0.1, -0.05) is 0 Å². The Balaban J connectivity index is 2.16. The zero-order chi connectivity index (χ0) is 9.26. The van der Waals surface area contributed by atoms with Crippen molar-refractivity contribution in [2.45, 2.75) is 6.29 Å². The van der Waals surface area contributed by atoms with Crippen LogP contribution in [0, 0.1) is 0 Å². The summed E-state index contributed by atoms with van der Waals surface area (Å²) >= 11 is 0.